The van der Waals surface area contributed by atoms with E-state index in [2.05, 4.69) is 11.7 Å². The Bertz CT molecular complexity index is 145. The van der Waals surface area contributed by atoms with Crippen LogP contribution in [-0.2, 0) is 9.47 Å². The van der Waals surface area contributed by atoms with Gasteiger partial charge in [0, 0.05) is 0 Å². The fourth-order valence-electron chi connectivity index (χ4n) is 1.31. The van der Waals surface area contributed by atoms with Crippen LogP contribution in [0, 0.1) is 0 Å². The minimum Gasteiger partial charge on any atom is -0.430 e. The fraction of sp³-hybridized carbons (Fsp3) is 0.889. The Hall–Kier alpha value is -0.730. The van der Waals surface area contributed by atoms with Crippen LogP contribution < -0.4 is 0 Å². The van der Waals surface area contributed by atoms with Crippen LogP contribution in [0.3, 0.4) is 0 Å². The molecule has 1 rings (SSSR count). The van der Waals surface area contributed by atoms with Crippen molar-refractivity contribution in [1.29, 1.82) is 0 Å². The molecule has 1 aliphatic rings. The van der Waals surface area contributed by atoms with Gasteiger partial charge in [-0.15, -0.1) is 0 Å². The zero-order chi connectivity index (χ0) is 8.81. The van der Waals surface area contributed by atoms with E-state index in [0.717, 1.165) is 12.8 Å². The maximum Gasteiger partial charge on any atom is 0.508 e. The Morgan fingerprint density at radius 2 is 2.25 bits per heavy atom. The van der Waals surface area contributed by atoms with E-state index in [-0.39, 0.29) is 6.10 Å². The van der Waals surface area contributed by atoms with Crippen LogP contribution in [0.1, 0.15) is 39.0 Å². The van der Waals surface area contributed by atoms with Crippen LogP contribution in [-0.4, -0.2) is 18.9 Å². The first kappa shape index (κ1) is 9.36. The molecule has 1 fully saturated rings. The third-order valence-electron chi connectivity index (χ3n) is 2.03. The Kier molecular flexibility index (Phi) is 3.91. The summed E-state index contributed by atoms with van der Waals surface area (Å²) in [5.41, 5.74) is 0. The molecule has 1 saturated heterocycles. The summed E-state index contributed by atoms with van der Waals surface area (Å²) in [6.07, 6.45) is 5.33. The molecule has 12 heavy (non-hydrogen) atoms. The van der Waals surface area contributed by atoms with Gasteiger partial charge < -0.3 is 9.47 Å². The van der Waals surface area contributed by atoms with Gasteiger partial charge in [-0.1, -0.05) is 26.2 Å². The first-order chi connectivity index (χ1) is 5.83. The molecule has 0 aromatic rings. The largest absolute Gasteiger partial charge is 0.508 e. The minimum absolute atomic E-state index is 0.0226. The highest BCUT2D eigenvalue weighted by molar-refractivity contribution is 5.61. The fourth-order valence-corrected chi connectivity index (χ4v) is 1.31. The Morgan fingerprint density at radius 1 is 1.42 bits per heavy atom. The molecular formula is C9H16O3. The highest BCUT2D eigenvalue weighted by atomic mass is 16.8. The maximum atomic E-state index is 10.5. The van der Waals surface area contributed by atoms with Crippen molar-refractivity contribution < 1.29 is 14.3 Å². The van der Waals surface area contributed by atoms with E-state index in [1.165, 1.54) is 19.3 Å². The number of hydrogen-bond donors (Lipinski definition) is 0. The van der Waals surface area contributed by atoms with E-state index in [1.54, 1.807) is 0 Å². The molecule has 1 heterocycles. The summed E-state index contributed by atoms with van der Waals surface area (Å²) in [6.45, 7) is 2.63. The molecule has 0 saturated carbocycles. The molecule has 3 heteroatoms. The van der Waals surface area contributed by atoms with Crippen molar-refractivity contribution in [2.75, 3.05) is 6.61 Å². The molecule has 1 aliphatic heterocycles. The van der Waals surface area contributed by atoms with Gasteiger partial charge in [-0.2, -0.15) is 0 Å². The minimum atomic E-state index is -0.504. The van der Waals surface area contributed by atoms with Crippen LogP contribution in [0.4, 0.5) is 4.79 Å². The van der Waals surface area contributed by atoms with Crippen molar-refractivity contribution in [3.63, 3.8) is 0 Å². The Morgan fingerprint density at radius 3 is 2.83 bits per heavy atom. The van der Waals surface area contributed by atoms with Crippen molar-refractivity contribution in [1.82, 2.24) is 0 Å². The highest BCUT2D eigenvalue weighted by Crippen LogP contribution is 2.13. The maximum absolute atomic E-state index is 10.5. The predicted octanol–water partition coefficient (Wildman–Crippen LogP) is 2.49. The van der Waals surface area contributed by atoms with Crippen LogP contribution in [0.2, 0.25) is 0 Å². The summed E-state index contributed by atoms with van der Waals surface area (Å²) in [7, 11) is 0. The predicted molar refractivity (Wildman–Crippen MR) is 45.0 cm³/mol. The van der Waals surface area contributed by atoms with Crippen LogP contribution in [0.25, 0.3) is 0 Å². The van der Waals surface area contributed by atoms with Gasteiger partial charge in [0.25, 0.3) is 0 Å². The SMILES string of the molecule is CCCCCCC1COC(=O)O1. The van der Waals surface area contributed by atoms with Gasteiger partial charge >= 0.3 is 6.16 Å². The van der Waals surface area contributed by atoms with Crippen molar-refractivity contribution in [2.24, 2.45) is 0 Å². The number of carbonyl (C=O) groups excluding carboxylic acids is 1. The van der Waals surface area contributed by atoms with Gasteiger partial charge in [-0.25, -0.2) is 4.79 Å². The van der Waals surface area contributed by atoms with E-state index in [0.29, 0.717) is 6.61 Å². The highest BCUT2D eigenvalue weighted by Gasteiger charge is 2.23. The smallest absolute Gasteiger partial charge is 0.430 e. The van der Waals surface area contributed by atoms with Gasteiger partial charge in [0.1, 0.15) is 12.7 Å². The molecule has 70 valence electrons. The summed E-state index contributed by atoms with van der Waals surface area (Å²) in [5, 5.41) is 0. The van der Waals surface area contributed by atoms with Gasteiger partial charge in [0.05, 0.1) is 0 Å². The lowest BCUT2D eigenvalue weighted by molar-refractivity contribution is 0.115. The summed E-state index contributed by atoms with van der Waals surface area (Å²) < 4.78 is 9.54. The van der Waals surface area contributed by atoms with Crippen LogP contribution in [0.5, 0.6) is 0 Å². The molecule has 3 nitrogen and oxygen atoms in total. The second-order valence-electron chi connectivity index (χ2n) is 3.15. The lowest BCUT2D eigenvalue weighted by atomic mass is 10.1. The monoisotopic (exact) mass is 172 g/mol. The number of rotatable bonds is 5. The molecule has 0 aromatic heterocycles. The quantitative estimate of drug-likeness (QED) is 0.472. The molecule has 0 bridgehead atoms. The van der Waals surface area contributed by atoms with Crippen molar-refractivity contribution in [2.45, 2.75) is 45.1 Å². The van der Waals surface area contributed by atoms with E-state index >= 15 is 0 Å². The molecule has 0 aromatic carbocycles. The average molecular weight is 172 g/mol. The summed E-state index contributed by atoms with van der Waals surface area (Å²) in [4.78, 5) is 10.5. The number of cyclic esters (lactones) is 2. The van der Waals surface area contributed by atoms with Gasteiger partial charge in [0.15, 0.2) is 0 Å². The van der Waals surface area contributed by atoms with E-state index in [4.69, 9.17) is 4.74 Å². The zero-order valence-corrected chi connectivity index (χ0v) is 7.54. The second kappa shape index (κ2) is 5.01. The van der Waals surface area contributed by atoms with Gasteiger partial charge in [-0.05, 0) is 12.8 Å². The number of unbranched alkanes of at least 4 members (excludes halogenated alkanes) is 3. The number of ether oxygens (including phenoxy) is 2. The molecular weight excluding hydrogens is 156 g/mol. The standard InChI is InChI=1S/C9H16O3/c1-2-3-4-5-6-8-7-11-9(10)12-8/h8H,2-7H2,1H3. The Balaban J connectivity index is 1.97. The van der Waals surface area contributed by atoms with Crippen LogP contribution >= 0.6 is 0 Å². The number of hydrogen-bond acceptors (Lipinski definition) is 3. The van der Waals surface area contributed by atoms with E-state index in [1.807, 2.05) is 0 Å². The van der Waals surface area contributed by atoms with Crippen molar-refractivity contribution >= 4 is 6.16 Å². The molecule has 1 atom stereocenters. The topological polar surface area (TPSA) is 35.5 Å². The summed E-state index contributed by atoms with van der Waals surface area (Å²) in [6, 6.07) is 0. The van der Waals surface area contributed by atoms with Crippen LogP contribution in [0.15, 0.2) is 0 Å². The lowest BCUT2D eigenvalue weighted by Gasteiger charge is -2.04. The summed E-state index contributed by atoms with van der Waals surface area (Å²) in [5.74, 6) is 0. The third-order valence-corrected chi connectivity index (χ3v) is 2.03. The first-order valence-corrected chi connectivity index (χ1v) is 4.66. The molecule has 1 unspecified atom stereocenters. The van der Waals surface area contributed by atoms with Gasteiger partial charge in [0.2, 0.25) is 0 Å². The summed E-state index contributed by atoms with van der Waals surface area (Å²) >= 11 is 0. The third kappa shape index (κ3) is 3.11. The average Bonchev–Trinajstić information content (AvgIpc) is 2.45. The molecule has 0 aliphatic carbocycles. The van der Waals surface area contributed by atoms with E-state index in [9.17, 15) is 4.79 Å². The Labute approximate surface area is 73.0 Å². The normalized spacial score (nSPS) is 22.1. The first-order valence-electron chi connectivity index (χ1n) is 4.66. The number of carbonyl (C=O) groups is 1. The zero-order valence-electron chi connectivity index (χ0n) is 7.54. The molecule has 0 spiro atoms. The molecule has 0 radical (unpaired) electrons. The second-order valence-corrected chi connectivity index (χ2v) is 3.15. The van der Waals surface area contributed by atoms with Crippen molar-refractivity contribution in [3.05, 3.63) is 0 Å². The lowest BCUT2D eigenvalue weighted by Crippen LogP contribution is -2.08. The van der Waals surface area contributed by atoms with E-state index < -0.39 is 6.16 Å². The molecule has 0 amide bonds. The van der Waals surface area contributed by atoms with Crippen molar-refractivity contribution in [3.8, 4) is 0 Å². The van der Waals surface area contributed by atoms with Gasteiger partial charge in [-0.3, -0.25) is 0 Å². The molecule has 0 N–H and O–H groups in total.